The van der Waals surface area contributed by atoms with Crippen LogP contribution in [-0.4, -0.2) is 35.5 Å². The Kier molecular flexibility index (Phi) is 4.36. The number of carbonyl (C=O) groups is 1. The maximum atomic E-state index is 11.8. The molecule has 0 radical (unpaired) electrons. The molecule has 0 aromatic carbocycles. The second-order valence-corrected chi connectivity index (χ2v) is 4.98. The lowest BCUT2D eigenvalue weighted by Crippen LogP contribution is -2.38. The number of likely N-dealkylation sites (tertiary alicyclic amines) is 1. The van der Waals surface area contributed by atoms with Crippen LogP contribution in [0.5, 0.6) is 5.75 Å². The van der Waals surface area contributed by atoms with Crippen molar-refractivity contribution in [1.82, 2.24) is 9.88 Å². The van der Waals surface area contributed by atoms with E-state index in [1.54, 1.807) is 18.5 Å². The first kappa shape index (κ1) is 12.4. The molecule has 1 aromatic heterocycles. The van der Waals surface area contributed by atoms with Gasteiger partial charge in [0.05, 0.1) is 6.20 Å². The molecule has 1 aliphatic heterocycles. The molecule has 0 N–H and O–H groups in total. The van der Waals surface area contributed by atoms with Crippen molar-refractivity contribution in [2.45, 2.75) is 19.3 Å². The van der Waals surface area contributed by atoms with Gasteiger partial charge in [-0.05, 0) is 41.3 Å². The molecule has 0 unspecified atom stereocenters. The Morgan fingerprint density at radius 3 is 2.82 bits per heavy atom. The Balaban J connectivity index is 1.83. The average Bonchev–Trinajstić information content (AvgIpc) is 2.37. The molecule has 0 bridgehead atoms. The van der Waals surface area contributed by atoms with Gasteiger partial charge in [0, 0.05) is 23.8 Å². The molecule has 17 heavy (non-hydrogen) atoms. The normalized spacial score (nSPS) is 15.7. The van der Waals surface area contributed by atoms with Gasteiger partial charge in [0.15, 0.2) is 6.61 Å². The molecule has 0 aliphatic carbocycles. The zero-order valence-electron chi connectivity index (χ0n) is 9.56. The molecule has 0 saturated carbocycles. The third-order valence-corrected chi connectivity index (χ3v) is 3.18. The Bertz CT molecular complexity index is 392. The monoisotopic (exact) mass is 298 g/mol. The summed E-state index contributed by atoms with van der Waals surface area (Å²) in [4.78, 5) is 17.7. The number of halogens is 1. The number of amides is 1. The number of ether oxygens (including phenoxy) is 1. The third-order valence-electron chi connectivity index (χ3n) is 2.75. The van der Waals surface area contributed by atoms with Crippen LogP contribution in [0, 0.1) is 0 Å². The second-order valence-electron chi connectivity index (χ2n) is 4.07. The van der Waals surface area contributed by atoms with E-state index in [1.807, 2.05) is 4.90 Å². The fraction of sp³-hybridized carbons (Fsp3) is 0.500. The molecule has 0 atom stereocenters. The van der Waals surface area contributed by atoms with E-state index in [0.717, 1.165) is 30.4 Å². The van der Waals surface area contributed by atoms with Crippen molar-refractivity contribution in [2.75, 3.05) is 19.7 Å². The zero-order valence-corrected chi connectivity index (χ0v) is 11.1. The van der Waals surface area contributed by atoms with E-state index in [9.17, 15) is 4.79 Å². The van der Waals surface area contributed by atoms with Crippen LogP contribution in [0.15, 0.2) is 22.9 Å². The summed E-state index contributed by atoms with van der Waals surface area (Å²) in [5.74, 6) is 0.675. The van der Waals surface area contributed by atoms with Crippen LogP contribution in [0.2, 0.25) is 0 Å². The summed E-state index contributed by atoms with van der Waals surface area (Å²) in [6, 6.07) is 1.80. The molecule has 4 nitrogen and oxygen atoms in total. The fourth-order valence-corrected chi connectivity index (χ4v) is 2.19. The van der Waals surface area contributed by atoms with Crippen LogP contribution < -0.4 is 4.74 Å². The molecule has 1 aromatic rings. The number of piperidine rings is 1. The third kappa shape index (κ3) is 3.70. The zero-order chi connectivity index (χ0) is 12.1. The molecule has 5 heteroatoms. The summed E-state index contributed by atoms with van der Waals surface area (Å²) in [5, 5.41) is 0. The molecular weight excluding hydrogens is 284 g/mol. The summed E-state index contributed by atoms with van der Waals surface area (Å²) >= 11 is 3.31. The fourth-order valence-electron chi connectivity index (χ4n) is 1.85. The van der Waals surface area contributed by atoms with Crippen molar-refractivity contribution in [3.05, 3.63) is 22.9 Å². The predicted octanol–water partition coefficient (Wildman–Crippen LogP) is 2.24. The molecule has 2 heterocycles. The number of aromatic nitrogens is 1. The van der Waals surface area contributed by atoms with Crippen molar-refractivity contribution in [3.63, 3.8) is 0 Å². The Morgan fingerprint density at radius 1 is 1.35 bits per heavy atom. The molecule has 1 aliphatic rings. The van der Waals surface area contributed by atoms with E-state index < -0.39 is 0 Å². The highest BCUT2D eigenvalue weighted by molar-refractivity contribution is 9.10. The molecule has 2 rings (SSSR count). The van der Waals surface area contributed by atoms with Crippen LogP contribution >= 0.6 is 15.9 Å². The standard InChI is InChI=1S/C12H15BrN2O2/c13-10-6-11(8-14-7-10)17-9-12(16)15-4-2-1-3-5-15/h6-8H,1-5,9H2. The highest BCUT2D eigenvalue weighted by Gasteiger charge is 2.16. The first-order chi connectivity index (χ1) is 8.25. The minimum atomic E-state index is 0.0599. The lowest BCUT2D eigenvalue weighted by Gasteiger charge is -2.26. The van der Waals surface area contributed by atoms with Crippen molar-refractivity contribution >= 4 is 21.8 Å². The highest BCUT2D eigenvalue weighted by atomic mass is 79.9. The van der Waals surface area contributed by atoms with Gasteiger partial charge in [-0.3, -0.25) is 9.78 Å². The molecular formula is C12H15BrN2O2. The summed E-state index contributed by atoms with van der Waals surface area (Å²) in [7, 11) is 0. The van der Waals surface area contributed by atoms with E-state index >= 15 is 0 Å². The number of hydrogen-bond donors (Lipinski definition) is 0. The van der Waals surface area contributed by atoms with E-state index in [0.29, 0.717) is 5.75 Å². The van der Waals surface area contributed by atoms with Crippen LogP contribution in [-0.2, 0) is 4.79 Å². The average molecular weight is 299 g/mol. The highest BCUT2D eigenvalue weighted by Crippen LogP contribution is 2.16. The summed E-state index contributed by atoms with van der Waals surface area (Å²) in [6.45, 7) is 1.82. The Labute approximate surface area is 109 Å². The van der Waals surface area contributed by atoms with Gasteiger partial charge in [-0.1, -0.05) is 0 Å². The van der Waals surface area contributed by atoms with E-state index in [4.69, 9.17) is 4.74 Å². The number of carbonyl (C=O) groups excluding carboxylic acids is 1. The van der Waals surface area contributed by atoms with Crippen molar-refractivity contribution in [1.29, 1.82) is 0 Å². The van der Waals surface area contributed by atoms with Gasteiger partial charge in [0.1, 0.15) is 5.75 Å². The van der Waals surface area contributed by atoms with E-state index in [-0.39, 0.29) is 12.5 Å². The Morgan fingerprint density at radius 2 is 2.12 bits per heavy atom. The quantitative estimate of drug-likeness (QED) is 0.859. The van der Waals surface area contributed by atoms with Gasteiger partial charge in [-0.25, -0.2) is 0 Å². The maximum Gasteiger partial charge on any atom is 0.260 e. The van der Waals surface area contributed by atoms with Crippen LogP contribution in [0.3, 0.4) is 0 Å². The molecule has 92 valence electrons. The smallest absolute Gasteiger partial charge is 0.260 e. The summed E-state index contributed by atoms with van der Waals surface area (Å²) in [5.41, 5.74) is 0. The van der Waals surface area contributed by atoms with Gasteiger partial charge in [-0.2, -0.15) is 0 Å². The SMILES string of the molecule is O=C(COc1cncc(Br)c1)N1CCCCC1. The van der Waals surface area contributed by atoms with Crippen molar-refractivity contribution in [3.8, 4) is 5.75 Å². The van der Waals surface area contributed by atoms with Crippen LogP contribution in [0.25, 0.3) is 0 Å². The molecule has 0 spiro atoms. The first-order valence-corrected chi connectivity index (χ1v) is 6.56. The number of nitrogens with zero attached hydrogens (tertiary/aromatic N) is 2. The molecule has 1 fully saturated rings. The summed E-state index contributed by atoms with van der Waals surface area (Å²) in [6.07, 6.45) is 6.71. The largest absolute Gasteiger partial charge is 0.482 e. The van der Waals surface area contributed by atoms with Gasteiger partial charge < -0.3 is 9.64 Å². The minimum absolute atomic E-state index is 0.0599. The predicted molar refractivity (Wildman–Crippen MR) is 67.9 cm³/mol. The van der Waals surface area contributed by atoms with Gasteiger partial charge in [0.25, 0.3) is 5.91 Å². The van der Waals surface area contributed by atoms with Crippen LogP contribution in [0.4, 0.5) is 0 Å². The topological polar surface area (TPSA) is 42.4 Å². The maximum absolute atomic E-state index is 11.8. The lowest BCUT2D eigenvalue weighted by molar-refractivity contribution is -0.134. The first-order valence-electron chi connectivity index (χ1n) is 5.77. The van der Waals surface area contributed by atoms with Crippen molar-refractivity contribution in [2.24, 2.45) is 0 Å². The van der Waals surface area contributed by atoms with Crippen molar-refractivity contribution < 1.29 is 9.53 Å². The summed E-state index contributed by atoms with van der Waals surface area (Å²) < 4.78 is 6.27. The van der Waals surface area contributed by atoms with Gasteiger partial charge in [0.2, 0.25) is 0 Å². The minimum Gasteiger partial charge on any atom is -0.482 e. The van der Waals surface area contributed by atoms with Crippen LogP contribution in [0.1, 0.15) is 19.3 Å². The van der Waals surface area contributed by atoms with Gasteiger partial charge in [-0.15, -0.1) is 0 Å². The molecule has 1 amide bonds. The van der Waals surface area contributed by atoms with E-state index in [1.165, 1.54) is 6.42 Å². The van der Waals surface area contributed by atoms with Gasteiger partial charge >= 0.3 is 0 Å². The number of hydrogen-bond acceptors (Lipinski definition) is 3. The lowest BCUT2D eigenvalue weighted by atomic mass is 10.1. The number of rotatable bonds is 3. The molecule has 1 saturated heterocycles. The second kappa shape index (κ2) is 6.00. The van der Waals surface area contributed by atoms with E-state index in [2.05, 4.69) is 20.9 Å². The number of pyridine rings is 1. The Hall–Kier alpha value is -1.10.